The Hall–Kier alpha value is -3.62. The van der Waals surface area contributed by atoms with Crippen LogP contribution >= 0.6 is 0 Å². The zero-order valence-electron chi connectivity index (χ0n) is 16.7. The van der Waals surface area contributed by atoms with Crippen LogP contribution in [0.15, 0.2) is 36.4 Å². The van der Waals surface area contributed by atoms with Gasteiger partial charge in [-0.15, -0.1) is 0 Å². The van der Waals surface area contributed by atoms with Gasteiger partial charge in [-0.05, 0) is 24.3 Å². The van der Waals surface area contributed by atoms with Gasteiger partial charge in [-0.25, -0.2) is 9.18 Å². The van der Waals surface area contributed by atoms with E-state index in [9.17, 15) is 18.8 Å². The number of amides is 2. The maximum absolute atomic E-state index is 14.3. The fraction of sp³-hybridized carbons (Fsp3) is 0.286. The van der Waals surface area contributed by atoms with E-state index in [4.69, 9.17) is 9.47 Å². The van der Waals surface area contributed by atoms with Crippen molar-refractivity contribution in [2.75, 3.05) is 38.1 Å². The Morgan fingerprint density at radius 1 is 1.13 bits per heavy atom. The van der Waals surface area contributed by atoms with E-state index in [-0.39, 0.29) is 30.1 Å². The number of anilines is 2. The topological polar surface area (TPSA) is 94.2 Å². The third-order valence-electron chi connectivity index (χ3n) is 4.84. The smallest absolute Gasteiger partial charge is 0.340 e. The second-order valence-corrected chi connectivity index (χ2v) is 6.59. The number of esters is 1. The summed E-state index contributed by atoms with van der Waals surface area (Å²) in [7, 11) is 4.14. The van der Waals surface area contributed by atoms with Crippen LogP contribution in [0.1, 0.15) is 16.8 Å². The molecule has 1 aliphatic heterocycles. The molecule has 0 aromatic heterocycles. The molecule has 1 N–H and O–H groups in total. The molecule has 1 saturated heterocycles. The highest BCUT2D eigenvalue weighted by Crippen LogP contribution is 2.36. The molecule has 1 heterocycles. The summed E-state index contributed by atoms with van der Waals surface area (Å²) < 4.78 is 29.4. The van der Waals surface area contributed by atoms with Crippen LogP contribution < -0.4 is 19.7 Å². The van der Waals surface area contributed by atoms with Crippen molar-refractivity contribution in [3.63, 3.8) is 0 Å². The maximum Gasteiger partial charge on any atom is 0.340 e. The van der Waals surface area contributed by atoms with Crippen molar-refractivity contribution in [2.24, 2.45) is 5.92 Å². The molecule has 30 heavy (non-hydrogen) atoms. The number of nitrogens with zero attached hydrogens (tertiary/aromatic N) is 1. The molecule has 2 amide bonds. The van der Waals surface area contributed by atoms with E-state index in [0.717, 1.165) is 13.2 Å². The van der Waals surface area contributed by atoms with Gasteiger partial charge in [0.25, 0.3) is 0 Å². The van der Waals surface area contributed by atoms with E-state index in [1.807, 2.05) is 0 Å². The van der Waals surface area contributed by atoms with E-state index in [2.05, 4.69) is 10.1 Å². The monoisotopic (exact) mass is 416 g/mol. The number of para-hydroxylation sites is 1. The van der Waals surface area contributed by atoms with E-state index in [0.29, 0.717) is 17.2 Å². The van der Waals surface area contributed by atoms with Crippen LogP contribution in [-0.4, -0.2) is 45.7 Å². The number of methoxy groups -OCH3 is 3. The number of nitrogens with one attached hydrogen (secondary N) is 1. The second-order valence-electron chi connectivity index (χ2n) is 6.59. The lowest BCUT2D eigenvalue weighted by molar-refractivity contribution is -0.122. The van der Waals surface area contributed by atoms with Gasteiger partial charge in [-0.1, -0.05) is 6.07 Å². The number of hydrogen-bond donors (Lipinski definition) is 1. The van der Waals surface area contributed by atoms with Crippen molar-refractivity contribution in [1.29, 1.82) is 0 Å². The molecule has 3 rings (SSSR count). The van der Waals surface area contributed by atoms with Crippen molar-refractivity contribution >= 4 is 29.2 Å². The van der Waals surface area contributed by atoms with Crippen LogP contribution in [0.3, 0.4) is 0 Å². The van der Waals surface area contributed by atoms with Gasteiger partial charge in [0.05, 0.1) is 44.2 Å². The van der Waals surface area contributed by atoms with Crippen LogP contribution in [0.25, 0.3) is 0 Å². The van der Waals surface area contributed by atoms with Gasteiger partial charge in [0.2, 0.25) is 11.8 Å². The van der Waals surface area contributed by atoms with Crippen molar-refractivity contribution in [3.8, 4) is 11.5 Å². The van der Waals surface area contributed by atoms with Gasteiger partial charge in [-0.2, -0.15) is 0 Å². The highest BCUT2D eigenvalue weighted by atomic mass is 19.1. The molecule has 1 atom stereocenters. The van der Waals surface area contributed by atoms with Crippen LogP contribution in [0, 0.1) is 11.7 Å². The van der Waals surface area contributed by atoms with Crippen LogP contribution in [0.4, 0.5) is 15.8 Å². The average molecular weight is 416 g/mol. The van der Waals surface area contributed by atoms with Gasteiger partial charge < -0.3 is 24.4 Å². The molecule has 158 valence electrons. The molecule has 2 aromatic carbocycles. The largest absolute Gasteiger partial charge is 0.497 e. The summed E-state index contributed by atoms with van der Waals surface area (Å²) in [4.78, 5) is 38.7. The summed E-state index contributed by atoms with van der Waals surface area (Å²) >= 11 is 0. The molecule has 9 heteroatoms. The summed E-state index contributed by atoms with van der Waals surface area (Å²) in [6, 6.07) is 8.81. The Balaban J connectivity index is 1.83. The van der Waals surface area contributed by atoms with Crippen molar-refractivity contribution < 1.29 is 33.0 Å². The minimum Gasteiger partial charge on any atom is -0.497 e. The first kappa shape index (κ1) is 21.1. The lowest BCUT2D eigenvalue weighted by atomic mass is 10.1. The molecule has 0 unspecified atom stereocenters. The first-order chi connectivity index (χ1) is 14.4. The summed E-state index contributed by atoms with van der Waals surface area (Å²) in [5, 5.41) is 2.43. The van der Waals surface area contributed by atoms with E-state index < -0.39 is 23.6 Å². The molecule has 1 fully saturated rings. The highest BCUT2D eigenvalue weighted by Gasteiger charge is 2.37. The quantitative estimate of drug-likeness (QED) is 0.728. The highest BCUT2D eigenvalue weighted by molar-refractivity contribution is 6.06. The fourth-order valence-electron chi connectivity index (χ4n) is 3.28. The number of hydrogen-bond acceptors (Lipinski definition) is 6. The molecule has 0 bridgehead atoms. The van der Waals surface area contributed by atoms with Gasteiger partial charge in [0, 0.05) is 19.0 Å². The van der Waals surface area contributed by atoms with E-state index in [1.54, 1.807) is 18.2 Å². The van der Waals surface area contributed by atoms with Gasteiger partial charge in [0.15, 0.2) is 0 Å². The summed E-state index contributed by atoms with van der Waals surface area (Å²) in [5.74, 6) is -2.20. The summed E-state index contributed by atoms with van der Waals surface area (Å²) in [6.45, 7) is 0.0657. The third kappa shape index (κ3) is 4.05. The normalized spacial score (nSPS) is 15.7. The van der Waals surface area contributed by atoms with Crippen molar-refractivity contribution in [2.45, 2.75) is 6.42 Å². The van der Waals surface area contributed by atoms with E-state index >= 15 is 0 Å². The summed E-state index contributed by atoms with van der Waals surface area (Å²) in [5.41, 5.74) is 0.0824. The number of ether oxygens (including phenoxy) is 3. The molecule has 0 saturated carbocycles. The Morgan fingerprint density at radius 3 is 2.57 bits per heavy atom. The minimum absolute atomic E-state index is 0.0657. The van der Waals surface area contributed by atoms with E-state index in [1.165, 1.54) is 31.3 Å². The molecular weight excluding hydrogens is 395 g/mol. The van der Waals surface area contributed by atoms with Crippen LogP contribution in [0.2, 0.25) is 0 Å². The fourth-order valence-corrected chi connectivity index (χ4v) is 3.28. The Bertz CT molecular complexity index is 993. The number of carbonyl (C=O) groups excluding carboxylic acids is 3. The lowest BCUT2D eigenvalue weighted by Crippen LogP contribution is -2.29. The number of halogens is 1. The number of benzene rings is 2. The predicted molar refractivity (Wildman–Crippen MR) is 106 cm³/mol. The van der Waals surface area contributed by atoms with Crippen LogP contribution in [0.5, 0.6) is 11.5 Å². The van der Waals surface area contributed by atoms with Gasteiger partial charge in [0.1, 0.15) is 17.3 Å². The third-order valence-corrected chi connectivity index (χ3v) is 4.84. The van der Waals surface area contributed by atoms with Gasteiger partial charge >= 0.3 is 5.97 Å². The number of carbonyl (C=O) groups is 3. The molecule has 0 radical (unpaired) electrons. The summed E-state index contributed by atoms with van der Waals surface area (Å²) in [6.07, 6.45) is -0.0752. The molecule has 2 aromatic rings. The Kier molecular flexibility index (Phi) is 6.20. The van der Waals surface area contributed by atoms with Crippen molar-refractivity contribution in [1.82, 2.24) is 0 Å². The lowest BCUT2D eigenvalue weighted by Gasteiger charge is -2.20. The van der Waals surface area contributed by atoms with Crippen molar-refractivity contribution in [3.05, 3.63) is 47.8 Å². The Labute approximate surface area is 172 Å². The van der Waals surface area contributed by atoms with Gasteiger partial charge in [-0.3, -0.25) is 9.59 Å². The minimum atomic E-state index is -0.782. The molecule has 0 aliphatic carbocycles. The first-order valence-electron chi connectivity index (χ1n) is 9.09. The second kappa shape index (κ2) is 8.81. The predicted octanol–water partition coefficient (Wildman–Crippen LogP) is 2.62. The zero-order valence-corrected chi connectivity index (χ0v) is 16.7. The maximum atomic E-state index is 14.3. The number of rotatable bonds is 6. The van der Waals surface area contributed by atoms with Crippen LogP contribution in [-0.2, 0) is 14.3 Å². The molecular formula is C21H21FN2O6. The standard InChI is InChI=1S/C21H21FN2O6/c1-28-13-7-8-17(29-2)16(10-13)24-11-12(9-18(24)25)20(26)23-19-14(21(27)30-3)5-4-6-15(19)22/h4-8,10,12H,9,11H2,1-3H3,(H,23,26)/t12-/m1/s1. The SMILES string of the molecule is COC(=O)c1cccc(F)c1NC(=O)[C@@H]1CC(=O)N(c2cc(OC)ccc2OC)C1. The first-order valence-corrected chi connectivity index (χ1v) is 9.09. The molecule has 0 spiro atoms. The molecule has 8 nitrogen and oxygen atoms in total. The zero-order chi connectivity index (χ0) is 21.8. The molecule has 1 aliphatic rings. The average Bonchev–Trinajstić information content (AvgIpc) is 3.15. The Morgan fingerprint density at radius 2 is 1.90 bits per heavy atom.